The number of fused-ring (bicyclic) bond motifs is 1. The Morgan fingerprint density at radius 1 is 0.769 bits per heavy atom. The van der Waals surface area contributed by atoms with Gasteiger partial charge in [-0.25, -0.2) is 0 Å². The molecule has 4 nitrogen and oxygen atoms in total. The maximum atomic E-state index is 12.5. The minimum atomic E-state index is -0.106. The molecule has 4 heteroatoms. The molecule has 3 aromatic rings. The van der Waals surface area contributed by atoms with Crippen molar-refractivity contribution in [3.8, 4) is 17.2 Å². The number of rotatable bonds is 6. The summed E-state index contributed by atoms with van der Waals surface area (Å²) in [6, 6.07) is 16.9. The second-order valence-corrected chi connectivity index (χ2v) is 5.67. The highest BCUT2D eigenvalue weighted by Crippen LogP contribution is 2.30. The van der Waals surface area contributed by atoms with E-state index in [2.05, 4.69) is 0 Å². The molecule has 0 aliphatic carbocycles. The van der Waals surface area contributed by atoms with E-state index in [1.807, 2.05) is 42.5 Å². The van der Waals surface area contributed by atoms with Gasteiger partial charge in [-0.05, 0) is 41.3 Å². The molecular weight excluding hydrogens is 328 g/mol. The van der Waals surface area contributed by atoms with Crippen molar-refractivity contribution in [2.24, 2.45) is 0 Å². The third kappa shape index (κ3) is 3.40. The van der Waals surface area contributed by atoms with Crippen LogP contribution in [0.15, 0.2) is 60.7 Å². The summed E-state index contributed by atoms with van der Waals surface area (Å²) >= 11 is 0. The SMILES string of the molecule is COc1ccc(C(=O)/C=C/c2ccc(OC)c3ccccc23)cc1OC. The first-order chi connectivity index (χ1) is 12.7. The minimum absolute atomic E-state index is 0.106. The number of allylic oxidation sites excluding steroid dienone is 1. The molecule has 0 amide bonds. The van der Waals surface area contributed by atoms with Gasteiger partial charge >= 0.3 is 0 Å². The van der Waals surface area contributed by atoms with Crippen molar-refractivity contribution >= 4 is 22.6 Å². The second-order valence-electron chi connectivity index (χ2n) is 5.67. The maximum Gasteiger partial charge on any atom is 0.185 e. The van der Waals surface area contributed by atoms with Crippen molar-refractivity contribution in [3.63, 3.8) is 0 Å². The Bertz CT molecular complexity index is 973. The summed E-state index contributed by atoms with van der Waals surface area (Å²) in [4.78, 5) is 12.5. The summed E-state index contributed by atoms with van der Waals surface area (Å²) in [6.45, 7) is 0. The van der Waals surface area contributed by atoms with E-state index in [1.165, 1.54) is 0 Å². The van der Waals surface area contributed by atoms with Crippen molar-refractivity contribution in [2.75, 3.05) is 21.3 Å². The Kier molecular flexibility index (Phi) is 5.23. The van der Waals surface area contributed by atoms with Gasteiger partial charge in [-0.15, -0.1) is 0 Å². The molecule has 0 spiro atoms. The van der Waals surface area contributed by atoms with E-state index in [0.29, 0.717) is 17.1 Å². The third-order valence-corrected chi connectivity index (χ3v) is 4.22. The van der Waals surface area contributed by atoms with Gasteiger partial charge in [-0.2, -0.15) is 0 Å². The van der Waals surface area contributed by atoms with E-state index in [4.69, 9.17) is 14.2 Å². The van der Waals surface area contributed by atoms with Crippen molar-refractivity contribution in [3.05, 3.63) is 71.8 Å². The van der Waals surface area contributed by atoms with Crippen LogP contribution in [0.5, 0.6) is 17.2 Å². The monoisotopic (exact) mass is 348 g/mol. The van der Waals surface area contributed by atoms with Gasteiger partial charge < -0.3 is 14.2 Å². The third-order valence-electron chi connectivity index (χ3n) is 4.22. The molecule has 0 radical (unpaired) electrons. The Morgan fingerprint density at radius 2 is 1.42 bits per heavy atom. The zero-order valence-corrected chi connectivity index (χ0v) is 15.0. The summed E-state index contributed by atoms with van der Waals surface area (Å²) in [6.07, 6.45) is 3.39. The predicted molar refractivity (Wildman–Crippen MR) is 103 cm³/mol. The topological polar surface area (TPSA) is 44.8 Å². The Morgan fingerprint density at radius 3 is 2.12 bits per heavy atom. The van der Waals surface area contributed by atoms with Crippen LogP contribution < -0.4 is 14.2 Å². The zero-order valence-electron chi connectivity index (χ0n) is 15.0. The number of benzene rings is 3. The molecule has 26 heavy (non-hydrogen) atoms. The van der Waals surface area contributed by atoms with Gasteiger partial charge in [0.1, 0.15) is 5.75 Å². The molecular formula is C22H20O4. The molecule has 132 valence electrons. The minimum Gasteiger partial charge on any atom is -0.496 e. The molecule has 0 aliphatic rings. The van der Waals surface area contributed by atoms with E-state index < -0.39 is 0 Å². The molecule has 0 heterocycles. The maximum absolute atomic E-state index is 12.5. The highest BCUT2D eigenvalue weighted by molar-refractivity contribution is 6.08. The summed E-state index contributed by atoms with van der Waals surface area (Å²) < 4.78 is 15.9. The van der Waals surface area contributed by atoms with Crippen LogP contribution in [0.3, 0.4) is 0 Å². The van der Waals surface area contributed by atoms with Gasteiger partial charge in [-0.3, -0.25) is 4.79 Å². The Labute approximate surface area is 152 Å². The number of hydrogen-bond donors (Lipinski definition) is 0. The summed E-state index contributed by atoms with van der Waals surface area (Å²) in [7, 11) is 4.76. The molecule has 3 rings (SSSR count). The van der Waals surface area contributed by atoms with E-state index >= 15 is 0 Å². The van der Waals surface area contributed by atoms with E-state index in [1.54, 1.807) is 45.6 Å². The lowest BCUT2D eigenvalue weighted by molar-refractivity contribution is 0.104. The van der Waals surface area contributed by atoms with E-state index in [-0.39, 0.29) is 5.78 Å². The van der Waals surface area contributed by atoms with Crippen molar-refractivity contribution in [1.29, 1.82) is 0 Å². The number of hydrogen-bond acceptors (Lipinski definition) is 4. The molecule has 0 fully saturated rings. The van der Waals surface area contributed by atoms with Crippen molar-refractivity contribution < 1.29 is 19.0 Å². The van der Waals surface area contributed by atoms with Crippen LogP contribution in [-0.2, 0) is 0 Å². The van der Waals surface area contributed by atoms with E-state index in [9.17, 15) is 4.79 Å². The molecule has 0 atom stereocenters. The highest BCUT2D eigenvalue weighted by atomic mass is 16.5. The normalized spacial score (nSPS) is 10.9. The first kappa shape index (κ1) is 17.5. The first-order valence-electron chi connectivity index (χ1n) is 8.18. The molecule has 0 saturated carbocycles. The largest absolute Gasteiger partial charge is 0.496 e. The summed E-state index contributed by atoms with van der Waals surface area (Å²) in [5, 5.41) is 2.04. The van der Waals surface area contributed by atoms with Gasteiger partial charge in [-0.1, -0.05) is 36.4 Å². The lowest BCUT2D eigenvalue weighted by Gasteiger charge is -2.09. The lowest BCUT2D eigenvalue weighted by atomic mass is 10.0. The molecule has 0 aliphatic heterocycles. The predicted octanol–water partition coefficient (Wildman–Crippen LogP) is 4.76. The summed E-state index contributed by atoms with van der Waals surface area (Å²) in [5.74, 6) is 1.82. The van der Waals surface area contributed by atoms with Crippen LogP contribution in [0.2, 0.25) is 0 Å². The van der Waals surface area contributed by atoms with Crippen molar-refractivity contribution in [2.45, 2.75) is 0 Å². The molecule has 0 saturated heterocycles. The van der Waals surface area contributed by atoms with Crippen LogP contribution in [0, 0.1) is 0 Å². The molecule has 0 aromatic heterocycles. The first-order valence-corrected chi connectivity index (χ1v) is 8.18. The molecule has 0 bridgehead atoms. The average Bonchev–Trinajstić information content (AvgIpc) is 2.71. The Hall–Kier alpha value is -3.27. The second kappa shape index (κ2) is 7.74. The number of methoxy groups -OCH3 is 3. The van der Waals surface area contributed by atoms with E-state index in [0.717, 1.165) is 22.1 Å². The van der Waals surface area contributed by atoms with Gasteiger partial charge in [0.25, 0.3) is 0 Å². The van der Waals surface area contributed by atoms with Gasteiger partial charge in [0.2, 0.25) is 0 Å². The van der Waals surface area contributed by atoms with Crippen LogP contribution in [0.25, 0.3) is 16.8 Å². The van der Waals surface area contributed by atoms with Crippen LogP contribution in [-0.4, -0.2) is 27.1 Å². The summed E-state index contributed by atoms with van der Waals surface area (Å²) in [5.41, 5.74) is 1.49. The fourth-order valence-corrected chi connectivity index (χ4v) is 2.87. The quantitative estimate of drug-likeness (QED) is 0.476. The number of carbonyl (C=O) groups is 1. The van der Waals surface area contributed by atoms with Crippen LogP contribution in [0.1, 0.15) is 15.9 Å². The lowest BCUT2D eigenvalue weighted by Crippen LogP contribution is -1.97. The van der Waals surface area contributed by atoms with Crippen molar-refractivity contribution in [1.82, 2.24) is 0 Å². The number of ketones is 1. The van der Waals surface area contributed by atoms with Crippen LogP contribution in [0.4, 0.5) is 0 Å². The fraction of sp³-hybridized carbons (Fsp3) is 0.136. The fourth-order valence-electron chi connectivity index (χ4n) is 2.87. The van der Waals surface area contributed by atoms with Gasteiger partial charge in [0.05, 0.1) is 21.3 Å². The molecule has 0 unspecified atom stereocenters. The number of ether oxygens (including phenoxy) is 3. The zero-order chi connectivity index (χ0) is 18.5. The molecule has 3 aromatic carbocycles. The highest BCUT2D eigenvalue weighted by Gasteiger charge is 2.09. The van der Waals surface area contributed by atoms with Gasteiger partial charge in [0.15, 0.2) is 17.3 Å². The molecule has 0 N–H and O–H groups in total. The smallest absolute Gasteiger partial charge is 0.185 e. The number of carbonyl (C=O) groups excluding carboxylic acids is 1. The van der Waals surface area contributed by atoms with Gasteiger partial charge in [0, 0.05) is 10.9 Å². The average molecular weight is 348 g/mol. The Balaban J connectivity index is 1.93. The standard InChI is InChI=1S/C22H20O4/c1-24-20-12-9-15(17-6-4-5-7-18(17)20)8-11-19(23)16-10-13-21(25-2)22(14-16)26-3/h4-14H,1-3H3/b11-8+. The van der Waals surface area contributed by atoms with Crippen LogP contribution >= 0.6 is 0 Å².